The first-order chi connectivity index (χ1) is 22.2. The average Bonchev–Trinajstić information content (AvgIpc) is 3.62. The van der Waals surface area contributed by atoms with Gasteiger partial charge in [-0.25, -0.2) is 4.98 Å². The molecule has 1 saturated heterocycles. The molecule has 0 radical (unpaired) electrons. The van der Waals surface area contributed by atoms with Crippen molar-refractivity contribution in [1.82, 2.24) is 19.5 Å². The minimum Gasteiger partial charge on any atom is -0.497 e. The molecule has 1 aliphatic heterocycles. The average molecular weight is 628 g/mol. The van der Waals surface area contributed by atoms with Gasteiger partial charge in [0.1, 0.15) is 35.4 Å². The summed E-state index contributed by atoms with van der Waals surface area (Å²) in [6.45, 7) is 1.12. The Labute approximate surface area is 263 Å². The molecule has 4 N–H and O–H groups in total. The van der Waals surface area contributed by atoms with Gasteiger partial charge in [0, 0.05) is 6.92 Å². The van der Waals surface area contributed by atoms with E-state index in [0.29, 0.717) is 11.5 Å². The van der Waals surface area contributed by atoms with E-state index in [2.05, 4.69) is 20.3 Å². The van der Waals surface area contributed by atoms with Crippen molar-refractivity contribution in [1.29, 1.82) is 0 Å². The monoisotopic (exact) mass is 627 g/mol. The molecule has 0 spiro atoms. The molecule has 0 bridgehead atoms. The third-order valence-electron chi connectivity index (χ3n) is 7.98. The van der Waals surface area contributed by atoms with Crippen molar-refractivity contribution < 1.29 is 34.0 Å². The molecule has 13 heteroatoms. The van der Waals surface area contributed by atoms with E-state index in [4.69, 9.17) is 18.9 Å². The van der Waals surface area contributed by atoms with Crippen molar-refractivity contribution in [2.75, 3.05) is 26.1 Å². The SMILES string of the molecule is COc1ccc(C(OC[C@H]2O[C@@H](n3cnc4c(=O)[nH]c(NC(C)=O)nc43)C(O)[C@H]2O)(c2ccccc2)c2ccc(OC)cc2)cc1. The van der Waals surface area contributed by atoms with Crippen molar-refractivity contribution >= 4 is 23.0 Å². The number of carbonyl (C=O) groups is 1. The molecule has 238 valence electrons. The van der Waals surface area contributed by atoms with E-state index >= 15 is 0 Å². The van der Waals surface area contributed by atoms with E-state index in [0.717, 1.165) is 16.7 Å². The lowest BCUT2D eigenvalue weighted by molar-refractivity contribution is -0.114. The number of nitrogens with zero attached hydrogens (tertiary/aromatic N) is 3. The number of hydrogen-bond donors (Lipinski definition) is 4. The van der Waals surface area contributed by atoms with Gasteiger partial charge in [-0.1, -0.05) is 54.6 Å². The number of aliphatic hydroxyl groups excluding tert-OH is 2. The number of aromatic amines is 1. The van der Waals surface area contributed by atoms with E-state index in [1.54, 1.807) is 14.2 Å². The zero-order valence-corrected chi connectivity index (χ0v) is 25.3. The maximum Gasteiger partial charge on any atom is 0.280 e. The van der Waals surface area contributed by atoms with Crippen LogP contribution in [-0.2, 0) is 19.9 Å². The summed E-state index contributed by atoms with van der Waals surface area (Å²) in [5, 5.41) is 24.8. The number of methoxy groups -OCH3 is 2. The molecule has 1 fully saturated rings. The normalized spacial score (nSPS) is 19.7. The topological polar surface area (TPSA) is 170 Å². The number of anilines is 1. The molecule has 46 heavy (non-hydrogen) atoms. The van der Waals surface area contributed by atoms with Gasteiger partial charge >= 0.3 is 0 Å². The molecule has 4 atom stereocenters. The fourth-order valence-corrected chi connectivity index (χ4v) is 5.72. The number of amides is 1. The minimum atomic E-state index is -1.43. The molecule has 2 aromatic heterocycles. The number of aliphatic hydroxyl groups is 2. The van der Waals surface area contributed by atoms with Crippen molar-refractivity contribution in [2.45, 2.75) is 37.1 Å². The first-order valence-corrected chi connectivity index (χ1v) is 14.5. The number of nitrogens with one attached hydrogen (secondary N) is 2. The molecule has 0 aliphatic carbocycles. The minimum absolute atomic E-state index is 0.0267. The summed E-state index contributed by atoms with van der Waals surface area (Å²) in [7, 11) is 3.19. The molecule has 6 rings (SSSR count). The van der Waals surface area contributed by atoms with Crippen LogP contribution in [0.4, 0.5) is 5.95 Å². The summed E-state index contributed by atoms with van der Waals surface area (Å²) < 4.78 is 25.2. The Morgan fingerprint density at radius 1 is 0.935 bits per heavy atom. The number of aromatic nitrogens is 4. The Bertz CT molecular complexity index is 1830. The predicted octanol–water partition coefficient (Wildman–Crippen LogP) is 2.72. The number of carbonyl (C=O) groups excluding carboxylic acids is 1. The molecule has 3 aromatic carbocycles. The van der Waals surface area contributed by atoms with E-state index in [9.17, 15) is 19.8 Å². The summed E-state index contributed by atoms with van der Waals surface area (Å²) >= 11 is 0. The highest BCUT2D eigenvalue weighted by molar-refractivity contribution is 5.87. The summed E-state index contributed by atoms with van der Waals surface area (Å²) in [4.78, 5) is 35.0. The van der Waals surface area contributed by atoms with Crippen molar-refractivity contribution in [3.05, 3.63) is 112 Å². The lowest BCUT2D eigenvalue weighted by atomic mass is 9.80. The van der Waals surface area contributed by atoms with Crippen molar-refractivity contribution in [2.24, 2.45) is 0 Å². The number of imidazole rings is 1. The van der Waals surface area contributed by atoms with Gasteiger partial charge in [0.25, 0.3) is 5.56 Å². The third-order valence-corrected chi connectivity index (χ3v) is 7.98. The molecule has 13 nitrogen and oxygen atoms in total. The van der Waals surface area contributed by atoms with Gasteiger partial charge in [0.05, 0.1) is 27.2 Å². The van der Waals surface area contributed by atoms with Crippen molar-refractivity contribution in [3.63, 3.8) is 0 Å². The Morgan fingerprint density at radius 3 is 2.09 bits per heavy atom. The highest BCUT2D eigenvalue weighted by Gasteiger charge is 2.47. The van der Waals surface area contributed by atoms with E-state index in [1.165, 1.54) is 17.8 Å². The lowest BCUT2D eigenvalue weighted by Gasteiger charge is -2.37. The summed E-state index contributed by atoms with van der Waals surface area (Å²) in [6.07, 6.45) is -3.68. The van der Waals surface area contributed by atoms with Gasteiger partial charge in [-0.15, -0.1) is 0 Å². The van der Waals surface area contributed by atoms with Crippen LogP contribution in [0.3, 0.4) is 0 Å². The van der Waals surface area contributed by atoms with Crippen LogP contribution in [0.1, 0.15) is 29.8 Å². The number of benzene rings is 3. The first kappa shape index (κ1) is 30.9. The van der Waals surface area contributed by atoms with Gasteiger partial charge in [0.15, 0.2) is 17.4 Å². The summed E-state index contributed by atoms with van der Waals surface area (Å²) in [5.41, 5.74) is 0.626. The van der Waals surface area contributed by atoms with Gasteiger partial charge < -0.3 is 29.2 Å². The molecule has 0 saturated carbocycles. The molecular weight excluding hydrogens is 594 g/mol. The zero-order chi connectivity index (χ0) is 32.4. The highest BCUT2D eigenvalue weighted by atomic mass is 16.6. The lowest BCUT2D eigenvalue weighted by Crippen LogP contribution is -2.39. The molecule has 1 amide bonds. The smallest absolute Gasteiger partial charge is 0.280 e. The second-order valence-corrected chi connectivity index (χ2v) is 10.8. The van der Waals surface area contributed by atoms with Gasteiger partial charge in [-0.2, -0.15) is 4.98 Å². The summed E-state index contributed by atoms with van der Waals surface area (Å²) in [6, 6.07) is 24.6. The van der Waals surface area contributed by atoms with Crippen LogP contribution in [0, 0.1) is 0 Å². The summed E-state index contributed by atoms with van der Waals surface area (Å²) in [5.74, 6) is 0.811. The van der Waals surface area contributed by atoms with Crippen LogP contribution in [0.2, 0.25) is 0 Å². The molecule has 1 unspecified atom stereocenters. The number of ether oxygens (including phenoxy) is 4. The number of rotatable bonds is 10. The van der Waals surface area contributed by atoms with Gasteiger partial charge in [-0.05, 0) is 41.0 Å². The second-order valence-electron chi connectivity index (χ2n) is 10.8. The number of H-pyrrole nitrogens is 1. The van der Waals surface area contributed by atoms with Crippen LogP contribution < -0.4 is 20.3 Å². The maximum atomic E-state index is 12.6. The van der Waals surface area contributed by atoms with Crippen LogP contribution in [0.5, 0.6) is 11.5 Å². The standard InChI is InChI=1S/C33H33N5O8/c1-19(39)35-32-36-29-26(30(42)37-32)34-18-38(29)31-28(41)27(40)25(46-31)17-45-33(20-7-5-4-6-8-20,21-9-13-23(43-2)14-10-21)22-11-15-24(44-3)16-12-22/h4-16,18,25,27-28,31,40-41H,17H2,1-3H3,(H2,35,36,37,39,42)/t25-,27+,28?,31-/m1/s1. The van der Waals surface area contributed by atoms with Crippen LogP contribution in [0.25, 0.3) is 11.2 Å². The van der Waals surface area contributed by atoms with E-state index < -0.39 is 41.6 Å². The van der Waals surface area contributed by atoms with Gasteiger partial charge in [-0.3, -0.25) is 24.5 Å². The number of fused-ring (bicyclic) bond motifs is 1. The molecular formula is C33H33N5O8. The molecule has 3 heterocycles. The first-order valence-electron chi connectivity index (χ1n) is 14.5. The third kappa shape index (κ3) is 5.61. The zero-order valence-electron chi connectivity index (χ0n) is 25.3. The fraction of sp³-hybridized carbons (Fsp3) is 0.273. The van der Waals surface area contributed by atoms with Crippen molar-refractivity contribution in [3.8, 4) is 11.5 Å². The molecule has 1 aliphatic rings. The Hall–Kier alpha value is -5.08. The van der Waals surface area contributed by atoms with Gasteiger partial charge in [0.2, 0.25) is 11.9 Å². The highest BCUT2D eigenvalue weighted by Crippen LogP contribution is 2.43. The molecule has 5 aromatic rings. The Balaban J connectivity index is 1.38. The Morgan fingerprint density at radius 2 is 1.52 bits per heavy atom. The largest absolute Gasteiger partial charge is 0.497 e. The van der Waals surface area contributed by atoms with Crippen LogP contribution in [-0.4, -0.2) is 74.8 Å². The maximum absolute atomic E-state index is 12.6. The van der Waals surface area contributed by atoms with Crippen LogP contribution in [0.15, 0.2) is 90.0 Å². The van der Waals surface area contributed by atoms with E-state index in [1.807, 2.05) is 78.9 Å². The fourth-order valence-electron chi connectivity index (χ4n) is 5.72. The Kier molecular flexibility index (Phi) is 8.56. The predicted molar refractivity (Wildman–Crippen MR) is 167 cm³/mol. The van der Waals surface area contributed by atoms with Crippen LogP contribution >= 0.6 is 0 Å². The van der Waals surface area contributed by atoms with E-state index in [-0.39, 0.29) is 23.7 Å². The quantitative estimate of drug-likeness (QED) is 0.169. The second kappa shape index (κ2) is 12.7. The number of hydrogen-bond acceptors (Lipinski definition) is 10.